The predicted octanol–water partition coefficient (Wildman–Crippen LogP) is 3.95. The minimum absolute atomic E-state index is 0.0342. The Hall–Kier alpha value is -2.57. The molecular formula is C21H22F3N3O. The maximum atomic E-state index is 13.2. The molecule has 4 nitrogen and oxygen atoms in total. The number of anilines is 1. The molecule has 1 fully saturated rings. The van der Waals surface area contributed by atoms with Gasteiger partial charge in [-0.2, -0.15) is 13.2 Å². The van der Waals surface area contributed by atoms with E-state index in [1.165, 1.54) is 6.07 Å². The van der Waals surface area contributed by atoms with E-state index in [0.717, 1.165) is 43.1 Å². The van der Waals surface area contributed by atoms with Gasteiger partial charge in [-0.15, -0.1) is 0 Å². The Morgan fingerprint density at radius 1 is 1.25 bits per heavy atom. The molecule has 1 N–H and O–H groups in total. The number of nitrogens with zero attached hydrogens (tertiary/aromatic N) is 2. The SMILES string of the molecule is O=C(NCc1cccnc1)[C@@H]1Cc2cc(C(F)(F)F)ccc2N2CCCC[C@H]12. The standard InChI is InChI=1S/C21H22F3N3O/c22-21(23,24)16-6-7-18-15(10-16)11-17(19-5-1-2-9-27(18)19)20(28)26-13-14-4-3-8-25-12-14/h3-4,6-8,10,12,17,19H,1-2,5,9,11,13H2,(H,26,28)/t17-,19-/m1/s1. The number of rotatable bonds is 3. The minimum atomic E-state index is -4.38. The molecule has 2 aromatic rings. The second kappa shape index (κ2) is 7.45. The number of fused-ring (bicyclic) bond motifs is 3. The zero-order valence-electron chi connectivity index (χ0n) is 15.4. The second-order valence-electron chi connectivity index (χ2n) is 7.49. The fourth-order valence-corrected chi connectivity index (χ4v) is 4.34. The fourth-order valence-electron chi connectivity index (χ4n) is 4.34. The first kappa shape index (κ1) is 18.8. The van der Waals surface area contributed by atoms with E-state index < -0.39 is 11.7 Å². The van der Waals surface area contributed by atoms with Crippen LogP contribution in [0.3, 0.4) is 0 Å². The van der Waals surface area contributed by atoms with E-state index in [4.69, 9.17) is 0 Å². The van der Waals surface area contributed by atoms with Crippen LogP contribution < -0.4 is 10.2 Å². The third kappa shape index (κ3) is 3.70. The van der Waals surface area contributed by atoms with Gasteiger partial charge in [-0.25, -0.2) is 0 Å². The topological polar surface area (TPSA) is 45.2 Å². The van der Waals surface area contributed by atoms with Crippen molar-refractivity contribution < 1.29 is 18.0 Å². The molecule has 0 saturated carbocycles. The largest absolute Gasteiger partial charge is 0.416 e. The van der Waals surface area contributed by atoms with Crippen LogP contribution in [0.4, 0.5) is 18.9 Å². The average Bonchev–Trinajstić information content (AvgIpc) is 2.71. The molecule has 0 bridgehead atoms. The minimum Gasteiger partial charge on any atom is -0.368 e. The smallest absolute Gasteiger partial charge is 0.368 e. The van der Waals surface area contributed by atoms with E-state index in [1.54, 1.807) is 24.5 Å². The maximum Gasteiger partial charge on any atom is 0.416 e. The van der Waals surface area contributed by atoms with Crippen LogP contribution in [0.25, 0.3) is 0 Å². The molecule has 0 unspecified atom stereocenters. The van der Waals surface area contributed by atoms with E-state index in [1.807, 2.05) is 6.07 Å². The number of hydrogen-bond donors (Lipinski definition) is 1. The van der Waals surface area contributed by atoms with Gasteiger partial charge < -0.3 is 10.2 Å². The monoisotopic (exact) mass is 389 g/mol. The third-order valence-corrected chi connectivity index (χ3v) is 5.70. The van der Waals surface area contributed by atoms with E-state index in [9.17, 15) is 18.0 Å². The van der Waals surface area contributed by atoms with Gasteiger partial charge in [0, 0.05) is 37.2 Å². The molecule has 1 aromatic carbocycles. The number of aromatic nitrogens is 1. The van der Waals surface area contributed by atoms with Gasteiger partial charge in [-0.3, -0.25) is 9.78 Å². The first-order chi connectivity index (χ1) is 13.4. The summed E-state index contributed by atoms with van der Waals surface area (Å²) in [5.41, 5.74) is 1.69. The number of pyridine rings is 1. The predicted molar refractivity (Wildman–Crippen MR) is 99.7 cm³/mol. The summed E-state index contributed by atoms with van der Waals surface area (Å²) in [6.45, 7) is 1.14. The molecule has 0 aliphatic carbocycles. The lowest BCUT2D eigenvalue weighted by molar-refractivity contribution is -0.137. The number of carbonyl (C=O) groups is 1. The lowest BCUT2D eigenvalue weighted by Crippen LogP contribution is -2.53. The molecule has 1 aromatic heterocycles. The molecule has 0 spiro atoms. The van der Waals surface area contributed by atoms with E-state index in [0.29, 0.717) is 18.5 Å². The highest BCUT2D eigenvalue weighted by molar-refractivity contribution is 5.82. The number of alkyl halides is 3. The van der Waals surface area contributed by atoms with Crippen LogP contribution >= 0.6 is 0 Å². The molecule has 28 heavy (non-hydrogen) atoms. The van der Waals surface area contributed by atoms with E-state index >= 15 is 0 Å². The molecule has 0 radical (unpaired) electrons. The Labute approximate surface area is 161 Å². The van der Waals surface area contributed by atoms with E-state index in [-0.39, 0.29) is 17.9 Å². The summed E-state index contributed by atoms with van der Waals surface area (Å²) < 4.78 is 39.5. The van der Waals surface area contributed by atoms with Crippen molar-refractivity contribution in [1.29, 1.82) is 0 Å². The van der Waals surface area contributed by atoms with Crippen molar-refractivity contribution in [1.82, 2.24) is 10.3 Å². The second-order valence-corrected chi connectivity index (χ2v) is 7.49. The zero-order valence-corrected chi connectivity index (χ0v) is 15.4. The van der Waals surface area contributed by atoms with Crippen molar-refractivity contribution in [2.75, 3.05) is 11.4 Å². The van der Waals surface area contributed by atoms with Crippen LogP contribution in [0.5, 0.6) is 0 Å². The van der Waals surface area contributed by atoms with Crippen LogP contribution in [0.2, 0.25) is 0 Å². The summed E-state index contributed by atoms with van der Waals surface area (Å²) in [4.78, 5) is 19.1. The maximum absolute atomic E-state index is 13.2. The van der Waals surface area contributed by atoms with Gasteiger partial charge in [0.2, 0.25) is 5.91 Å². The summed E-state index contributed by atoms with van der Waals surface area (Å²) in [6.07, 6.45) is 2.21. The van der Waals surface area contributed by atoms with Gasteiger partial charge in [0.15, 0.2) is 0 Å². The number of halogens is 3. The number of amides is 1. The summed E-state index contributed by atoms with van der Waals surface area (Å²) in [6, 6.07) is 7.65. The van der Waals surface area contributed by atoms with Crippen LogP contribution in [-0.2, 0) is 23.9 Å². The number of piperidine rings is 1. The van der Waals surface area contributed by atoms with Crippen LogP contribution in [0, 0.1) is 5.92 Å². The number of carbonyl (C=O) groups excluding carboxylic acids is 1. The van der Waals surface area contributed by atoms with Gasteiger partial charge in [0.05, 0.1) is 11.5 Å². The van der Waals surface area contributed by atoms with Gasteiger partial charge in [-0.05, 0) is 61.1 Å². The molecule has 4 rings (SSSR count). The van der Waals surface area contributed by atoms with Crippen LogP contribution in [-0.4, -0.2) is 23.5 Å². The number of benzene rings is 1. The van der Waals surface area contributed by atoms with Gasteiger partial charge in [0.25, 0.3) is 0 Å². The highest BCUT2D eigenvalue weighted by Gasteiger charge is 2.40. The van der Waals surface area contributed by atoms with E-state index in [2.05, 4.69) is 15.2 Å². The number of nitrogens with one attached hydrogen (secondary N) is 1. The number of hydrogen-bond acceptors (Lipinski definition) is 3. The molecule has 2 atom stereocenters. The summed E-state index contributed by atoms with van der Waals surface area (Å²) in [7, 11) is 0. The fraction of sp³-hybridized carbons (Fsp3) is 0.429. The highest BCUT2D eigenvalue weighted by atomic mass is 19.4. The molecule has 2 aliphatic heterocycles. The Kier molecular flexibility index (Phi) is 5.00. The molecule has 1 saturated heterocycles. The van der Waals surface area contributed by atoms with Gasteiger partial charge in [0.1, 0.15) is 0 Å². The molecule has 3 heterocycles. The van der Waals surface area contributed by atoms with Crippen molar-refractivity contribution in [2.24, 2.45) is 5.92 Å². The molecule has 148 valence electrons. The van der Waals surface area contributed by atoms with Crippen molar-refractivity contribution in [3.05, 3.63) is 59.4 Å². The van der Waals surface area contributed by atoms with Crippen LogP contribution in [0.1, 0.15) is 36.0 Å². The van der Waals surface area contributed by atoms with Crippen LogP contribution in [0.15, 0.2) is 42.7 Å². The Bertz CT molecular complexity index is 854. The summed E-state index contributed by atoms with van der Waals surface area (Å²) >= 11 is 0. The van der Waals surface area contributed by atoms with Gasteiger partial charge >= 0.3 is 6.18 Å². The van der Waals surface area contributed by atoms with Crippen molar-refractivity contribution in [2.45, 2.75) is 44.4 Å². The zero-order chi connectivity index (χ0) is 19.7. The lowest BCUT2D eigenvalue weighted by atomic mass is 9.80. The first-order valence-corrected chi connectivity index (χ1v) is 9.57. The summed E-state index contributed by atoms with van der Waals surface area (Å²) in [5.74, 6) is -0.461. The molecule has 1 amide bonds. The average molecular weight is 389 g/mol. The Morgan fingerprint density at radius 3 is 2.86 bits per heavy atom. The normalized spacial score (nSPS) is 21.6. The van der Waals surface area contributed by atoms with Crippen molar-refractivity contribution in [3.63, 3.8) is 0 Å². The molecule has 2 aliphatic rings. The van der Waals surface area contributed by atoms with Gasteiger partial charge in [-0.1, -0.05) is 6.07 Å². The Balaban J connectivity index is 1.58. The lowest BCUT2D eigenvalue weighted by Gasteiger charge is -2.46. The first-order valence-electron chi connectivity index (χ1n) is 9.57. The van der Waals surface area contributed by atoms with Crippen molar-refractivity contribution >= 4 is 11.6 Å². The molecular weight excluding hydrogens is 367 g/mol. The third-order valence-electron chi connectivity index (χ3n) is 5.70. The Morgan fingerprint density at radius 2 is 2.11 bits per heavy atom. The quantitative estimate of drug-likeness (QED) is 0.865. The highest BCUT2D eigenvalue weighted by Crippen LogP contribution is 2.41. The van der Waals surface area contributed by atoms with Crippen molar-refractivity contribution in [3.8, 4) is 0 Å². The molecule has 7 heteroatoms. The summed E-state index contributed by atoms with van der Waals surface area (Å²) in [5, 5.41) is 2.95.